The number of H-pyrrole nitrogens is 2. The standard InChI is InChI=1S/C14H17N5/c1-3-12-9(2)14(19-17-12)15-7-10-5-4-6-11-8-16-18-13(10)11/h4-6,8H,3,7H2,1-2H3,(H,16,18)(H2,15,17,19). The lowest BCUT2D eigenvalue weighted by Crippen LogP contribution is -2.01. The summed E-state index contributed by atoms with van der Waals surface area (Å²) in [4.78, 5) is 0. The fraction of sp³-hybridized carbons (Fsp3) is 0.286. The van der Waals surface area contributed by atoms with Gasteiger partial charge >= 0.3 is 0 Å². The van der Waals surface area contributed by atoms with Crippen molar-refractivity contribution in [3.05, 3.63) is 41.2 Å². The van der Waals surface area contributed by atoms with E-state index >= 15 is 0 Å². The molecule has 0 fully saturated rings. The van der Waals surface area contributed by atoms with E-state index in [1.54, 1.807) is 0 Å². The smallest absolute Gasteiger partial charge is 0.151 e. The maximum absolute atomic E-state index is 4.31. The Hall–Kier alpha value is -2.30. The second-order valence-electron chi connectivity index (χ2n) is 4.63. The van der Waals surface area contributed by atoms with Gasteiger partial charge in [-0.15, -0.1) is 0 Å². The number of para-hydroxylation sites is 1. The van der Waals surface area contributed by atoms with Crippen molar-refractivity contribution in [2.45, 2.75) is 26.8 Å². The fourth-order valence-electron chi connectivity index (χ4n) is 2.31. The van der Waals surface area contributed by atoms with Crippen LogP contribution in [0.3, 0.4) is 0 Å². The summed E-state index contributed by atoms with van der Waals surface area (Å²) in [5, 5.41) is 19.0. The minimum Gasteiger partial charge on any atom is -0.364 e. The Morgan fingerprint density at radius 2 is 2.16 bits per heavy atom. The van der Waals surface area contributed by atoms with Crippen LogP contribution in [0.1, 0.15) is 23.7 Å². The van der Waals surface area contributed by atoms with Crippen molar-refractivity contribution >= 4 is 16.7 Å². The normalized spacial score (nSPS) is 11.1. The lowest BCUT2D eigenvalue weighted by Gasteiger charge is -2.05. The number of hydrogen-bond acceptors (Lipinski definition) is 3. The predicted molar refractivity (Wildman–Crippen MR) is 76.1 cm³/mol. The molecule has 0 saturated heterocycles. The summed E-state index contributed by atoms with van der Waals surface area (Å²) in [6, 6.07) is 6.19. The first-order valence-corrected chi connectivity index (χ1v) is 6.48. The van der Waals surface area contributed by atoms with E-state index in [1.165, 1.54) is 16.8 Å². The summed E-state index contributed by atoms with van der Waals surface area (Å²) in [7, 11) is 0. The molecule has 3 aromatic rings. The number of hydrogen-bond donors (Lipinski definition) is 3. The summed E-state index contributed by atoms with van der Waals surface area (Å²) >= 11 is 0. The van der Waals surface area contributed by atoms with Crippen molar-refractivity contribution in [1.29, 1.82) is 0 Å². The summed E-state index contributed by atoms with van der Waals surface area (Å²) in [6.07, 6.45) is 2.81. The van der Waals surface area contributed by atoms with Crippen LogP contribution in [0, 0.1) is 6.92 Å². The molecule has 0 amide bonds. The van der Waals surface area contributed by atoms with Crippen LogP contribution in [0.15, 0.2) is 24.4 Å². The van der Waals surface area contributed by atoms with Crippen LogP contribution in [-0.4, -0.2) is 20.4 Å². The molecule has 5 heteroatoms. The van der Waals surface area contributed by atoms with Gasteiger partial charge in [-0.1, -0.05) is 25.1 Å². The van der Waals surface area contributed by atoms with Gasteiger partial charge in [0.2, 0.25) is 0 Å². The van der Waals surface area contributed by atoms with E-state index in [-0.39, 0.29) is 0 Å². The Balaban J connectivity index is 1.82. The molecule has 0 aliphatic heterocycles. The highest BCUT2D eigenvalue weighted by atomic mass is 15.2. The van der Waals surface area contributed by atoms with Gasteiger partial charge in [0.1, 0.15) is 0 Å². The lowest BCUT2D eigenvalue weighted by atomic mass is 10.1. The molecule has 3 N–H and O–H groups in total. The maximum Gasteiger partial charge on any atom is 0.151 e. The maximum atomic E-state index is 4.31. The second-order valence-corrected chi connectivity index (χ2v) is 4.63. The topological polar surface area (TPSA) is 69.4 Å². The monoisotopic (exact) mass is 255 g/mol. The summed E-state index contributed by atoms with van der Waals surface area (Å²) in [6.45, 7) is 4.94. The molecule has 0 unspecified atom stereocenters. The zero-order valence-electron chi connectivity index (χ0n) is 11.1. The SMILES string of the molecule is CCc1[nH]nc(NCc2cccc3cn[nH]c23)c1C. The van der Waals surface area contributed by atoms with Gasteiger partial charge in [-0.2, -0.15) is 10.2 Å². The molecule has 0 bridgehead atoms. The Morgan fingerprint density at radius 1 is 1.26 bits per heavy atom. The van der Waals surface area contributed by atoms with Gasteiger partial charge < -0.3 is 5.32 Å². The molecule has 2 heterocycles. The van der Waals surface area contributed by atoms with Gasteiger partial charge in [-0.25, -0.2) is 0 Å². The molecule has 0 atom stereocenters. The van der Waals surface area contributed by atoms with E-state index in [4.69, 9.17) is 0 Å². The van der Waals surface area contributed by atoms with Gasteiger partial charge in [0, 0.05) is 23.2 Å². The third-order valence-corrected chi connectivity index (χ3v) is 3.47. The number of benzene rings is 1. The molecular formula is C14H17N5. The molecule has 0 aliphatic rings. The number of nitrogens with one attached hydrogen (secondary N) is 3. The van der Waals surface area contributed by atoms with Crippen LogP contribution < -0.4 is 5.32 Å². The lowest BCUT2D eigenvalue weighted by molar-refractivity contribution is 0.965. The van der Waals surface area contributed by atoms with Gasteiger partial charge in [0.05, 0.1) is 11.7 Å². The van der Waals surface area contributed by atoms with E-state index in [0.29, 0.717) is 0 Å². The van der Waals surface area contributed by atoms with Gasteiger partial charge in [-0.05, 0) is 18.9 Å². The molecule has 0 saturated carbocycles. The van der Waals surface area contributed by atoms with E-state index in [1.807, 2.05) is 12.3 Å². The molecule has 0 spiro atoms. The highest BCUT2D eigenvalue weighted by Crippen LogP contribution is 2.19. The van der Waals surface area contributed by atoms with E-state index < -0.39 is 0 Å². The zero-order chi connectivity index (χ0) is 13.2. The number of aromatic nitrogens is 4. The summed E-state index contributed by atoms with van der Waals surface area (Å²) < 4.78 is 0. The van der Waals surface area contributed by atoms with Gasteiger partial charge in [-0.3, -0.25) is 10.2 Å². The second kappa shape index (κ2) is 4.76. The Kier molecular flexibility index (Phi) is 2.95. The van der Waals surface area contributed by atoms with Crippen LogP contribution in [0.5, 0.6) is 0 Å². The number of fused-ring (bicyclic) bond motifs is 1. The van der Waals surface area contributed by atoms with Crippen LogP contribution in [0.4, 0.5) is 5.82 Å². The van der Waals surface area contributed by atoms with E-state index in [9.17, 15) is 0 Å². The number of anilines is 1. The number of aromatic amines is 2. The van der Waals surface area contributed by atoms with Crippen molar-refractivity contribution in [3.63, 3.8) is 0 Å². The first kappa shape index (κ1) is 11.8. The third kappa shape index (κ3) is 2.07. The Bertz CT molecular complexity index is 695. The van der Waals surface area contributed by atoms with Crippen molar-refractivity contribution in [2.24, 2.45) is 0 Å². The molecule has 19 heavy (non-hydrogen) atoms. The molecular weight excluding hydrogens is 238 g/mol. The molecule has 0 radical (unpaired) electrons. The molecule has 98 valence electrons. The minimum absolute atomic E-state index is 0.731. The Morgan fingerprint density at radius 3 is 2.95 bits per heavy atom. The summed E-state index contributed by atoms with van der Waals surface area (Å²) in [5.41, 5.74) is 4.65. The fourth-order valence-corrected chi connectivity index (χ4v) is 2.31. The average Bonchev–Trinajstić information content (AvgIpc) is 3.03. The Labute approximate surface area is 111 Å². The van der Waals surface area contributed by atoms with Gasteiger partial charge in [0.15, 0.2) is 5.82 Å². The minimum atomic E-state index is 0.731. The number of rotatable bonds is 4. The first-order valence-electron chi connectivity index (χ1n) is 6.48. The van der Waals surface area contributed by atoms with Crippen LogP contribution in [-0.2, 0) is 13.0 Å². The molecule has 0 aliphatic carbocycles. The molecule has 3 rings (SSSR count). The molecule has 1 aromatic carbocycles. The van der Waals surface area contributed by atoms with Gasteiger partial charge in [0.25, 0.3) is 0 Å². The first-order chi connectivity index (χ1) is 9.29. The van der Waals surface area contributed by atoms with Crippen molar-refractivity contribution in [1.82, 2.24) is 20.4 Å². The highest BCUT2D eigenvalue weighted by molar-refractivity contribution is 5.81. The van der Waals surface area contributed by atoms with Crippen LogP contribution >= 0.6 is 0 Å². The van der Waals surface area contributed by atoms with Crippen LogP contribution in [0.2, 0.25) is 0 Å². The highest BCUT2D eigenvalue weighted by Gasteiger charge is 2.08. The van der Waals surface area contributed by atoms with Crippen molar-refractivity contribution in [2.75, 3.05) is 5.32 Å². The average molecular weight is 255 g/mol. The quantitative estimate of drug-likeness (QED) is 0.671. The number of aryl methyl sites for hydroxylation is 1. The zero-order valence-corrected chi connectivity index (χ0v) is 11.1. The van der Waals surface area contributed by atoms with Crippen LogP contribution in [0.25, 0.3) is 10.9 Å². The largest absolute Gasteiger partial charge is 0.364 e. The van der Waals surface area contributed by atoms with Crippen molar-refractivity contribution < 1.29 is 0 Å². The molecule has 2 aromatic heterocycles. The van der Waals surface area contributed by atoms with Crippen molar-refractivity contribution in [3.8, 4) is 0 Å². The predicted octanol–water partition coefficient (Wildman–Crippen LogP) is 2.77. The number of nitrogens with zero attached hydrogens (tertiary/aromatic N) is 2. The third-order valence-electron chi connectivity index (χ3n) is 3.47. The van der Waals surface area contributed by atoms with E-state index in [0.717, 1.165) is 29.7 Å². The van der Waals surface area contributed by atoms with E-state index in [2.05, 4.69) is 51.7 Å². The molecule has 5 nitrogen and oxygen atoms in total. The summed E-state index contributed by atoms with van der Waals surface area (Å²) in [5.74, 6) is 0.924.